The fourth-order valence-corrected chi connectivity index (χ4v) is 3.43. The molecule has 124 valence electrons. The number of aryl methyl sites for hydroxylation is 2. The third-order valence-electron chi connectivity index (χ3n) is 3.61. The Hall–Kier alpha value is -1.85. The highest BCUT2D eigenvalue weighted by atomic mass is 32.2. The third-order valence-corrected chi connectivity index (χ3v) is 5.00. The summed E-state index contributed by atoms with van der Waals surface area (Å²) in [6.45, 7) is 2.45. The van der Waals surface area contributed by atoms with Crippen molar-refractivity contribution in [3.63, 3.8) is 0 Å². The van der Waals surface area contributed by atoms with E-state index in [0.29, 0.717) is 19.4 Å². The molecule has 0 atom stereocenters. The van der Waals surface area contributed by atoms with Crippen LogP contribution in [0.1, 0.15) is 16.7 Å². The summed E-state index contributed by atoms with van der Waals surface area (Å²) in [6.07, 6.45) is 1.16. The van der Waals surface area contributed by atoms with Gasteiger partial charge in [-0.1, -0.05) is 42.0 Å². The van der Waals surface area contributed by atoms with Crippen LogP contribution in [0.25, 0.3) is 0 Å². The molecule has 2 rings (SSSR count). The van der Waals surface area contributed by atoms with E-state index in [2.05, 4.69) is 10.8 Å². The Morgan fingerprint density at radius 1 is 1.00 bits per heavy atom. The smallest absolute Gasteiger partial charge is 0.211 e. The average molecular weight is 333 g/mol. The molecule has 0 aliphatic rings. The molecule has 0 saturated heterocycles. The summed E-state index contributed by atoms with van der Waals surface area (Å²) in [7, 11) is -1.67. The van der Waals surface area contributed by atoms with Gasteiger partial charge in [0.05, 0.1) is 12.9 Å². The van der Waals surface area contributed by atoms with Crippen molar-refractivity contribution in [1.29, 1.82) is 0 Å². The number of sulfonamides is 1. The first kappa shape index (κ1) is 17.5. The van der Waals surface area contributed by atoms with Crippen LogP contribution in [0, 0.1) is 6.92 Å². The highest BCUT2D eigenvalue weighted by Gasteiger charge is 2.10. The molecule has 0 fully saturated rings. The van der Waals surface area contributed by atoms with E-state index in [1.54, 1.807) is 7.11 Å². The van der Waals surface area contributed by atoms with Gasteiger partial charge < -0.3 is 4.74 Å². The molecule has 23 heavy (non-hydrogen) atoms. The van der Waals surface area contributed by atoms with Gasteiger partial charge in [-0.3, -0.25) is 0 Å². The maximum absolute atomic E-state index is 12.1. The quantitative estimate of drug-likeness (QED) is 0.808. The predicted octanol–water partition coefficient (Wildman–Crippen LogP) is 2.71. The number of ether oxygens (including phenoxy) is 1. The fraction of sp³-hybridized carbons (Fsp3) is 0.333. The molecule has 0 aliphatic carbocycles. The van der Waals surface area contributed by atoms with E-state index in [-0.39, 0.29) is 5.75 Å². The normalized spacial score (nSPS) is 11.4. The van der Waals surface area contributed by atoms with E-state index in [0.717, 1.165) is 16.9 Å². The zero-order chi connectivity index (χ0) is 16.7. The van der Waals surface area contributed by atoms with E-state index in [1.165, 1.54) is 5.56 Å². The zero-order valence-corrected chi connectivity index (χ0v) is 14.4. The van der Waals surface area contributed by atoms with Gasteiger partial charge in [0, 0.05) is 6.54 Å². The zero-order valence-electron chi connectivity index (χ0n) is 13.6. The predicted molar refractivity (Wildman–Crippen MR) is 93.4 cm³/mol. The van der Waals surface area contributed by atoms with Crippen LogP contribution in [0.3, 0.4) is 0 Å². The minimum absolute atomic E-state index is 0.0774. The third kappa shape index (κ3) is 6.04. The lowest BCUT2D eigenvalue weighted by Crippen LogP contribution is -2.29. The Morgan fingerprint density at radius 2 is 1.70 bits per heavy atom. The molecule has 2 aromatic rings. The van der Waals surface area contributed by atoms with E-state index in [1.807, 2.05) is 49.4 Å². The van der Waals surface area contributed by atoms with Crippen molar-refractivity contribution < 1.29 is 13.2 Å². The second-order valence-electron chi connectivity index (χ2n) is 5.55. The van der Waals surface area contributed by atoms with Gasteiger partial charge in [-0.05, 0) is 43.0 Å². The van der Waals surface area contributed by atoms with Crippen molar-refractivity contribution in [3.8, 4) is 5.75 Å². The molecule has 0 bridgehead atoms. The Labute approximate surface area is 138 Å². The van der Waals surface area contributed by atoms with Crippen molar-refractivity contribution in [1.82, 2.24) is 4.72 Å². The second-order valence-corrected chi connectivity index (χ2v) is 7.48. The summed E-state index contributed by atoms with van der Waals surface area (Å²) in [5, 5.41) is 0. The van der Waals surface area contributed by atoms with Gasteiger partial charge in [0.1, 0.15) is 5.75 Å². The molecule has 0 heterocycles. The summed E-state index contributed by atoms with van der Waals surface area (Å²) in [5.74, 6) is 0.820. The standard InChI is InChI=1S/C18H23NO3S/c1-15-5-3-6-16(13-15)9-11-19-23(20,21)12-10-17-7-4-8-18(14-17)22-2/h3-8,13-14,19H,9-12H2,1-2H3. The number of hydrogen-bond acceptors (Lipinski definition) is 3. The lowest BCUT2D eigenvalue weighted by Gasteiger charge is -2.08. The van der Waals surface area contributed by atoms with Crippen LogP contribution in [-0.2, 0) is 22.9 Å². The van der Waals surface area contributed by atoms with Crippen LogP contribution in [0.5, 0.6) is 5.75 Å². The summed E-state index contributed by atoms with van der Waals surface area (Å²) >= 11 is 0. The van der Waals surface area contributed by atoms with Gasteiger partial charge in [0.15, 0.2) is 0 Å². The van der Waals surface area contributed by atoms with Gasteiger partial charge in [-0.15, -0.1) is 0 Å². The maximum Gasteiger partial charge on any atom is 0.211 e. The second kappa shape index (κ2) is 8.13. The number of benzene rings is 2. The lowest BCUT2D eigenvalue weighted by atomic mass is 10.1. The Morgan fingerprint density at radius 3 is 2.39 bits per heavy atom. The number of methoxy groups -OCH3 is 1. The van der Waals surface area contributed by atoms with Crippen molar-refractivity contribution in [2.45, 2.75) is 19.8 Å². The molecule has 0 spiro atoms. The Bertz CT molecular complexity index is 741. The highest BCUT2D eigenvalue weighted by molar-refractivity contribution is 7.89. The van der Waals surface area contributed by atoms with Gasteiger partial charge in [0.2, 0.25) is 10.0 Å². The average Bonchev–Trinajstić information content (AvgIpc) is 2.53. The molecular formula is C18H23NO3S. The SMILES string of the molecule is COc1cccc(CCS(=O)(=O)NCCc2cccc(C)c2)c1. The van der Waals surface area contributed by atoms with Gasteiger partial charge >= 0.3 is 0 Å². The van der Waals surface area contributed by atoms with Crippen molar-refractivity contribution in [3.05, 3.63) is 65.2 Å². The van der Waals surface area contributed by atoms with Crippen molar-refractivity contribution in [2.75, 3.05) is 19.4 Å². The lowest BCUT2D eigenvalue weighted by molar-refractivity contribution is 0.414. The van der Waals surface area contributed by atoms with Crippen LogP contribution in [-0.4, -0.2) is 27.8 Å². The monoisotopic (exact) mass is 333 g/mol. The van der Waals surface area contributed by atoms with Crippen LogP contribution in [0.2, 0.25) is 0 Å². The Balaban J connectivity index is 1.82. The highest BCUT2D eigenvalue weighted by Crippen LogP contribution is 2.13. The van der Waals surface area contributed by atoms with Gasteiger partial charge in [-0.2, -0.15) is 0 Å². The maximum atomic E-state index is 12.1. The van der Waals surface area contributed by atoms with E-state index in [4.69, 9.17) is 4.74 Å². The van der Waals surface area contributed by atoms with E-state index < -0.39 is 10.0 Å². The first-order valence-electron chi connectivity index (χ1n) is 7.64. The van der Waals surface area contributed by atoms with E-state index in [9.17, 15) is 8.42 Å². The minimum atomic E-state index is -3.27. The number of hydrogen-bond donors (Lipinski definition) is 1. The summed E-state index contributed by atoms with van der Waals surface area (Å²) < 4.78 is 32.0. The number of nitrogens with one attached hydrogen (secondary N) is 1. The minimum Gasteiger partial charge on any atom is -0.497 e. The molecule has 2 aromatic carbocycles. The largest absolute Gasteiger partial charge is 0.497 e. The topological polar surface area (TPSA) is 55.4 Å². The molecule has 1 N–H and O–H groups in total. The van der Waals surface area contributed by atoms with Gasteiger partial charge in [-0.25, -0.2) is 13.1 Å². The first-order valence-corrected chi connectivity index (χ1v) is 9.29. The van der Waals surface area contributed by atoms with Crippen LogP contribution >= 0.6 is 0 Å². The molecule has 5 heteroatoms. The van der Waals surface area contributed by atoms with Crippen LogP contribution in [0.4, 0.5) is 0 Å². The summed E-state index contributed by atoms with van der Waals surface area (Å²) in [5.41, 5.74) is 3.28. The molecular weight excluding hydrogens is 310 g/mol. The molecule has 0 amide bonds. The number of rotatable bonds is 8. The molecule has 0 radical (unpaired) electrons. The van der Waals surface area contributed by atoms with Gasteiger partial charge in [0.25, 0.3) is 0 Å². The molecule has 0 aromatic heterocycles. The van der Waals surface area contributed by atoms with Crippen molar-refractivity contribution >= 4 is 10.0 Å². The van der Waals surface area contributed by atoms with Crippen LogP contribution < -0.4 is 9.46 Å². The van der Waals surface area contributed by atoms with Crippen molar-refractivity contribution in [2.24, 2.45) is 0 Å². The van der Waals surface area contributed by atoms with Crippen LogP contribution in [0.15, 0.2) is 48.5 Å². The summed E-state index contributed by atoms with van der Waals surface area (Å²) in [4.78, 5) is 0. The molecule has 0 unspecified atom stereocenters. The summed E-state index contributed by atoms with van der Waals surface area (Å²) in [6, 6.07) is 15.6. The van der Waals surface area contributed by atoms with E-state index >= 15 is 0 Å². The fourth-order valence-electron chi connectivity index (χ4n) is 2.37. The first-order chi connectivity index (χ1) is 11.0. The molecule has 4 nitrogen and oxygen atoms in total. The Kier molecular flexibility index (Phi) is 6.19. The molecule has 0 aliphatic heterocycles. The molecule has 0 saturated carbocycles.